The van der Waals surface area contributed by atoms with Crippen molar-refractivity contribution in [2.24, 2.45) is 10.7 Å². The molecule has 1 atom stereocenters. The first-order valence-electron chi connectivity index (χ1n) is 7.77. The van der Waals surface area contributed by atoms with Crippen molar-refractivity contribution in [2.45, 2.75) is 18.2 Å². The number of primary amides is 1. The molecule has 1 aliphatic heterocycles. The zero-order chi connectivity index (χ0) is 17.8. The van der Waals surface area contributed by atoms with E-state index < -0.39 is 11.2 Å². The molecule has 6 nitrogen and oxygen atoms in total. The number of amides is 2. The van der Waals surface area contributed by atoms with Crippen LogP contribution in [-0.4, -0.2) is 27.1 Å². The Bertz CT molecular complexity index is 806. The summed E-state index contributed by atoms with van der Waals surface area (Å²) in [7, 11) is 0. The van der Waals surface area contributed by atoms with Crippen LogP contribution >= 0.6 is 11.8 Å². The lowest BCUT2D eigenvalue weighted by Gasteiger charge is -2.16. The van der Waals surface area contributed by atoms with Gasteiger partial charge in [0.1, 0.15) is 5.25 Å². The highest BCUT2D eigenvalue weighted by molar-refractivity contribution is 8.15. The van der Waals surface area contributed by atoms with Gasteiger partial charge in [-0.2, -0.15) is 0 Å². The summed E-state index contributed by atoms with van der Waals surface area (Å²) in [4.78, 5) is 30.1. The second-order valence-electron chi connectivity index (χ2n) is 5.67. The summed E-state index contributed by atoms with van der Waals surface area (Å²) in [6.07, 6.45) is -0.00442. The van der Waals surface area contributed by atoms with Crippen LogP contribution in [0.5, 0.6) is 0 Å². The Morgan fingerprint density at radius 3 is 2.44 bits per heavy atom. The summed E-state index contributed by atoms with van der Waals surface area (Å²) >= 11 is 1.27. The first kappa shape index (κ1) is 17.0. The molecule has 1 heterocycles. The molecule has 1 aliphatic rings. The van der Waals surface area contributed by atoms with Gasteiger partial charge >= 0.3 is 0 Å². The number of carbonyl (C=O) groups is 2. The molecule has 1 saturated heterocycles. The lowest BCUT2D eigenvalue weighted by Crippen LogP contribution is -2.33. The second-order valence-corrected chi connectivity index (χ2v) is 6.84. The molecule has 0 bridgehead atoms. The summed E-state index contributed by atoms with van der Waals surface area (Å²) in [6, 6.07) is 16.7. The summed E-state index contributed by atoms with van der Waals surface area (Å²) in [5.41, 5.74) is 13.3. The predicted molar refractivity (Wildman–Crippen MR) is 100 cm³/mol. The van der Waals surface area contributed by atoms with Crippen LogP contribution in [0.2, 0.25) is 0 Å². The van der Waals surface area contributed by atoms with E-state index in [4.69, 9.17) is 11.5 Å². The van der Waals surface area contributed by atoms with Crippen molar-refractivity contribution in [3.8, 4) is 0 Å². The third-order valence-electron chi connectivity index (χ3n) is 3.71. The monoisotopic (exact) mass is 354 g/mol. The summed E-state index contributed by atoms with van der Waals surface area (Å²) in [6.45, 7) is 0.368. The van der Waals surface area contributed by atoms with Gasteiger partial charge in [0.25, 0.3) is 0 Å². The molecule has 7 heteroatoms. The SMILES string of the molecule is NC(=O)CC1SC(=Nc2ccccc2)N(Cc2ccc(N)cc2)C1=O. The van der Waals surface area contributed by atoms with Gasteiger partial charge in [0.2, 0.25) is 11.8 Å². The third kappa shape index (κ3) is 4.19. The molecule has 0 aliphatic carbocycles. The molecule has 128 valence electrons. The highest BCUT2D eigenvalue weighted by Gasteiger charge is 2.38. The van der Waals surface area contributed by atoms with Crippen molar-refractivity contribution >= 4 is 40.1 Å². The molecule has 2 aromatic carbocycles. The average Bonchev–Trinajstić information content (AvgIpc) is 2.86. The smallest absolute Gasteiger partial charge is 0.242 e. The number of hydrogen-bond acceptors (Lipinski definition) is 5. The third-order valence-corrected chi connectivity index (χ3v) is 4.88. The van der Waals surface area contributed by atoms with Crippen LogP contribution in [0, 0.1) is 0 Å². The Hall–Kier alpha value is -2.80. The van der Waals surface area contributed by atoms with E-state index in [1.54, 1.807) is 17.0 Å². The zero-order valence-electron chi connectivity index (χ0n) is 13.5. The largest absolute Gasteiger partial charge is 0.399 e. The molecule has 25 heavy (non-hydrogen) atoms. The number of nitrogens with two attached hydrogens (primary N) is 2. The number of benzene rings is 2. The van der Waals surface area contributed by atoms with Gasteiger partial charge in [0.15, 0.2) is 5.17 Å². The number of amidine groups is 1. The van der Waals surface area contributed by atoms with Gasteiger partial charge in [-0.1, -0.05) is 42.1 Å². The zero-order valence-corrected chi connectivity index (χ0v) is 14.3. The number of thioether (sulfide) groups is 1. The van der Waals surface area contributed by atoms with E-state index in [9.17, 15) is 9.59 Å². The van der Waals surface area contributed by atoms with Crippen LogP contribution in [0.4, 0.5) is 11.4 Å². The molecule has 1 fully saturated rings. The molecule has 0 aromatic heterocycles. The van der Waals surface area contributed by atoms with Crippen LogP contribution in [0.1, 0.15) is 12.0 Å². The first-order chi connectivity index (χ1) is 12.0. The molecule has 2 aromatic rings. The fourth-order valence-corrected chi connectivity index (χ4v) is 3.64. The second kappa shape index (κ2) is 7.40. The maximum atomic E-state index is 12.7. The van der Waals surface area contributed by atoms with Gasteiger partial charge in [-0.3, -0.25) is 14.5 Å². The molecule has 0 radical (unpaired) electrons. The maximum absolute atomic E-state index is 12.7. The molecule has 1 unspecified atom stereocenters. The minimum absolute atomic E-state index is 0.00442. The fourth-order valence-electron chi connectivity index (χ4n) is 2.47. The van der Waals surface area contributed by atoms with Gasteiger partial charge in [0, 0.05) is 12.1 Å². The number of aliphatic imine (C=N–C) groups is 1. The van der Waals surface area contributed by atoms with Gasteiger partial charge in [0.05, 0.1) is 12.2 Å². The highest BCUT2D eigenvalue weighted by Crippen LogP contribution is 2.32. The average molecular weight is 354 g/mol. The molecule has 0 saturated carbocycles. The fraction of sp³-hybridized carbons (Fsp3) is 0.167. The Kier molecular flexibility index (Phi) is 5.04. The van der Waals surface area contributed by atoms with Crippen molar-refractivity contribution in [1.82, 2.24) is 4.90 Å². The summed E-state index contributed by atoms with van der Waals surface area (Å²) in [5.74, 6) is -0.658. The molecular formula is C18H18N4O2S. The van der Waals surface area contributed by atoms with Crippen LogP contribution in [0.15, 0.2) is 59.6 Å². The van der Waals surface area contributed by atoms with Crippen molar-refractivity contribution in [3.63, 3.8) is 0 Å². The van der Waals surface area contributed by atoms with Gasteiger partial charge < -0.3 is 11.5 Å². The number of anilines is 1. The highest BCUT2D eigenvalue weighted by atomic mass is 32.2. The molecule has 3 rings (SSSR count). The van der Waals surface area contributed by atoms with E-state index >= 15 is 0 Å². The number of carbonyl (C=O) groups excluding carboxylic acids is 2. The van der Waals surface area contributed by atoms with E-state index in [-0.39, 0.29) is 12.3 Å². The van der Waals surface area contributed by atoms with Gasteiger partial charge in [-0.05, 0) is 29.8 Å². The number of para-hydroxylation sites is 1. The summed E-state index contributed by atoms with van der Waals surface area (Å²) < 4.78 is 0. The quantitative estimate of drug-likeness (QED) is 0.804. The standard InChI is InChI=1S/C18H18N4O2S/c19-13-8-6-12(7-9-13)11-22-17(24)15(10-16(20)23)25-18(22)21-14-4-2-1-3-5-14/h1-9,15H,10-11,19H2,(H2,20,23). The van der Waals surface area contributed by atoms with Crippen LogP contribution in [-0.2, 0) is 16.1 Å². The maximum Gasteiger partial charge on any atom is 0.242 e. The number of hydrogen-bond donors (Lipinski definition) is 2. The predicted octanol–water partition coefficient (Wildman–Crippen LogP) is 2.28. The Balaban J connectivity index is 1.89. The van der Waals surface area contributed by atoms with Crippen molar-refractivity contribution in [1.29, 1.82) is 0 Å². The normalized spacial score (nSPS) is 18.7. The lowest BCUT2D eigenvalue weighted by atomic mass is 10.2. The Morgan fingerprint density at radius 1 is 1.12 bits per heavy atom. The number of rotatable bonds is 5. The summed E-state index contributed by atoms with van der Waals surface area (Å²) in [5, 5.41) is 0.0352. The van der Waals surface area contributed by atoms with Crippen molar-refractivity contribution < 1.29 is 9.59 Å². The van der Waals surface area contributed by atoms with E-state index in [0.29, 0.717) is 17.4 Å². The van der Waals surface area contributed by atoms with E-state index in [0.717, 1.165) is 11.3 Å². The minimum atomic E-state index is -0.534. The number of nitrogens with zero attached hydrogens (tertiary/aromatic N) is 2. The van der Waals surface area contributed by atoms with E-state index in [1.165, 1.54) is 11.8 Å². The van der Waals surface area contributed by atoms with Crippen molar-refractivity contribution in [2.75, 3.05) is 5.73 Å². The molecule has 0 spiro atoms. The topological polar surface area (TPSA) is 102 Å². The van der Waals surface area contributed by atoms with Crippen molar-refractivity contribution in [3.05, 3.63) is 60.2 Å². The molecule has 2 amide bonds. The van der Waals surface area contributed by atoms with E-state index in [2.05, 4.69) is 4.99 Å². The first-order valence-corrected chi connectivity index (χ1v) is 8.65. The Labute approximate surface area is 149 Å². The Morgan fingerprint density at radius 2 is 1.80 bits per heavy atom. The van der Waals surface area contributed by atoms with Crippen LogP contribution in [0.3, 0.4) is 0 Å². The lowest BCUT2D eigenvalue weighted by molar-refractivity contribution is -0.128. The van der Waals surface area contributed by atoms with Crippen LogP contribution < -0.4 is 11.5 Å². The van der Waals surface area contributed by atoms with E-state index in [1.807, 2.05) is 42.5 Å². The van der Waals surface area contributed by atoms with Gasteiger partial charge in [-0.25, -0.2) is 4.99 Å². The number of nitrogen functional groups attached to an aromatic ring is 1. The van der Waals surface area contributed by atoms with Gasteiger partial charge in [-0.15, -0.1) is 0 Å². The van der Waals surface area contributed by atoms with Crippen LogP contribution in [0.25, 0.3) is 0 Å². The minimum Gasteiger partial charge on any atom is -0.399 e. The molecular weight excluding hydrogens is 336 g/mol. The molecule has 4 N–H and O–H groups in total.